The predicted octanol–water partition coefficient (Wildman–Crippen LogP) is 2.54. The number of aryl methyl sites for hydroxylation is 1. The number of carbonyl (C=O) groups is 1. The van der Waals surface area contributed by atoms with Gasteiger partial charge in [0.05, 0.1) is 16.3 Å². The summed E-state index contributed by atoms with van der Waals surface area (Å²) < 4.78 is 19.1. The maximum Gasteiger partial charge on any atom is 0.419 e. The number of hydrogen-bond donors (Lipinski definition) is 2. The van der Waals surface area contributed by atoms with Crippen LogP contribution in [0.1, 0.15) is 12.2 Å². The van der Waals surface area contributed by atoms with E-state index < -0.39 is 17.9 Å². The third-order valence-electron chi connectivity index (χ3n) is 5.65. The standard InChI is InChI=1S/C23H22N4O5S/c1-27-16-7-13(3-4-17(16)32-23(27)29)20-10-18-21(33-20)9-15(31-18)8-14(11-24)26-22(28)19-12-25-5-2-6-30-19/h3-4,7,9-10,14,19,25H,2,5-6,8,12H2,1H3,(H,26,28)/t14-,19-/m0/s1. The van der Waals surface area contributed by atoms with Crippen LogP contribution in [-0.2, 0) is 23.0 Å². The maximum absolute atomic E-state index is 12.5. The highest BCUT2D eigenvalue weighted by molar-refractivity contribution is 7.22. The van der Waals surface area contributed by atoms with Gasteiger partial charge >= 0.3 is 5.76 Å². The molecule has 0 spiro atoms. The Hall–Kier alpha value is -3.39. The van der Waals surface area contributed by atoms with Crippen molar-refractivity contribution in [1.29, 1.82) is 5.26 Å². The van der Waals surface area contributed by atoms with E-state index in [9.17, 15) is 14.9 Å². The number of amides is 1. The van der Waals surface area contributed by atoms with E-state index in [2.05, 4.69) is 16.7 Å². The summed E-state index contributed by atoms with van der Waals surface area (Å²) in [5.74, 6) is -0.0642. The first-order valence-electron chi connectivity index (χ1n) is 10.7. The Bertz CT molecular complexity index is 1380. The van der Waals surface area contributed by atoms with Crippen LogP contribution in [0.25, 0.3) is 31.8 Å². The van der Waals surface area contributed by atoms with E-state index in [1.807, 2.05) is 24.3 Å². The summed E-state index contributed by atoms with van der Waals surface area (Å²) in [6.07, 6.45) is 0.519. The lowest BCUT2D eigenvalue weighted by molar-refractivity contribution is -0.132. The van der Waals surface area contributed by atoms with Crippen molar-refractivity contribution >= 4 is 38.6 Å². The molecular formula is C23H22N4O5S. The lowest BCUT2D eigenvalue weighted by Gasteiger charge is -2.17. The summed E-state index contributed by atoms with van der Waals surface area (Å²) in [6, 6.07) is 10.9. The number of fused-ring (bicyclic) bond motifs is 2. The first-order chi connectivity index (χ1) is 16.0. The number of oxazole rings is 1. The third-order valence-corrected chi connectivity index (χ3v) is 6.76. The molecule has 33 heavy (non-hydrogen) atoms. The highest BCUT2D eigenvalue weighted by atomic mass is 32.1. The number of nitrogens with zero attached hydrogens (tertiary/aromatic N) is 2. The van der Waals surface area contributed by atoms with Crippen LogP contribution in [0.15, 0.2) is 44.0 Å². The third kappa shape index (κ3) is 4.30. The highest BCUT2D eigenvalue weighted by Crippen LogP contribution is 2.36. The predicted molar refractivity (Wildman–Crippen MR) is 123 cm³/mol. The van der Waals surface area contributed by atoms with E-state index in [1.165, 1.54) is 4.57 Å². The molecule has 1 saturated heterocycles. The summed E-state index contributed by atoms with van der Waals surface area (Å²) in [6.45, 7) is 1.76. The molecule has 1 amide bonds. The number of nitriles is 1. The molecule has 2 N–H and O–H groups in total. The number of hydrogen-bond acceptors (Lipinski definition) is 8. The van der Waals surface area contributed by atoms with E-state index in [4.69, 9.17) is 13.6 Å². The van der Waals surface area contributed by atoms with Crippen molar-refractivity contribution in [3.05, 3.63) is 46.6 Å². The topological polar surface area (TPSA) is 122 Å². The molecule has 9 nitrogen and oxygen atoms in total. The molecule has 0 unspecified atom stereocenters. The van der Waals surface area contributed by atoms with Gasteiger partial charge in [-0.3, -0.25) is 9.36 Å². The molecule has 0 bridgehead atoms. The van der Waals surface area contributed by atoms with Crippen molar-refractivity contribution in [2.24, 2.45) is 7.05 Å². The number of ether oxygens (including phenoxy) is 1. The molecule has 0 saturated carbocycles. The van der Waals surface area contributed by atoms with Gasteiger partial charge in [-0.2, -0.15) is 5.26 Å². The van der Waals surface area contributed by atoms with Gasteiger partial charge in [0.15, 0.2) is 5.58 Å². The van der Waals surface area contributed by atoms with Crippen LogP contribution in [0.4, 0.5) is 0 Å². The van der Waals surface area contributed by atoms with Crippen LogP contribution >= 0.6 is 11.3 Å². The average molecular weight is 467 g/mol. The van der Waals surface area contributed by atoms with Crippen molar-refractivity contribution in [3.63, 3.8) is 0 Å². The summed E-state index contributed by atoms with van der Waals surface area (Å²) in [4.78, 5) is 25.2. The minimum atomic E-state index is -0.714. The molecule has 0 aliphatic carbocycles. The highest BCUT2D eigenvalue weighted by Gasteiger charge is 2.24. The molecule has 5 rings (SSSR count). The molecule has 4 aromatic rings. The van der Waals surface area contributed by atoms with Gasteiger partial charge in [0.25, 0.3) is 5.91 Å². The zero-order chi connectivity index (χ0) is 22.9. The second-order valence-electron chi connectivity index (χ2n) is 7.97. The minimum absolute atomic E-state index is 0.266. The minimum Gasteiger partial charge on any atom is -0.460 e. The fraction of sp³-hybridized carbons (Fsp3) is 0.348. The van der Waals surface area contributed by atoms with E-state index in [0.29, 0.717) is 30.1 Å². The van der Waals surface area contributed by atoms with Crippen molar-refractivity contribution in [2.75, 3.05) is 19.7 Å². The Labute approximate surface area is 192 Å². The maximum atomic E-state index is 12.5. The van der Waals surface area contributed by atoms with Crippen molar-refractivity contribution in [3.8, 4) is 16.5 Å². The van der Waals surface area contributed by atoms with Gasteiger partial charge in [-0.15, -0.1) is 11.3 Å². The number of thiophene rings is 1. The van der Waals surface area contributed by atoms with Crippen molar-refractivity contribution in [2.45, 2.75) is 25.0 Å². The summed E-state index contributed by atoms with van der Waals surface area (Å²) >= 11 is 1.56. The first kappa shape index (κ1) is 21.5. The summed E-state index contributed by atoms with van der Waals surface area (Å²) in [5, 5.41) is 15.4. The van der Waals surface area contributed by atoms with E-state index in [-0.39, 0.29) is 12.3 Å². The van der Waals surface area contributed by atoms with Crippen LogP contribution in [0.3, 0.4) is 0 Å². The number of carbonyl (C=O) groups excluding carboxylic acids is 1. The normalized spacial score (nSPS) is 17.6. The van der Waals surface area contributed by atoms with Gasteiger partial charge in [0.2, 0.25) is 0 Å². The van der Waals surface area contributed by atoms with E-state index >= 15 is 0 Å². The number of rotatable bonds is 5. The lowest BCUT2D eigenvalue weighted by atomic mass is 10.1. The summed E-state index contributed by atoms with van der Waals surface area (Å²) in [5.41, 5.74) is 2.94. The fourth-order valence-corrected chi connectivity index (χ4v) is 4.93. The van der Waals surface area contributed by atoms with Crippen LogP contribution < -0.4 is 16.4 Å². The van der Waals surface area contributed by atoms with Gasteiger partial charge in [-0.25, -0.2) is 4.79 Å². The van der Waals surface area contributed by atoms with Gasteiger partial charge in [-0.05, 0) is 42.8 Å². The molecule has 1 aromatic carbocycles. The number of benzene rings is 1. The van der Waals surface area contributed by atoms with Gasteiger partial charge in [-0.1, -0.05) is 0 Å². The molecule has 10 heteroatoms. The molecular weight excluding hydrogens is 444 g/mol. The second kappa shape index (κ2) is 8.86. The monoisotopic (exact) mass is 466 g/mol. The quantitative estimate of drug-likeness (QED) is 0.463. The molecule has 1 aliphatic rings. The molecule has 1 fully saturated rings. The van der Waals surface area contributed by atoms with Gasteiger partial charge < -0.3 is 24.2 Å². The van der Waals surface area contributed by atoms with Crippen LogP contribution in [0, 0.1) is 11.3 Å². The Morgan fingerprint density at radius 3 is 3.03 bits per heavy atom. The van der Waals surface area contributed by atoms with Crippen molar-refractivity contribution in [1.82, 2.24) is 15.2 Å². The Kier molecular flexibility index (Phi) is 5.76. The van der Waals surface area contributed by atoms with E-state index in [1.54, 1.807) is 24.5 Å². The Morgan fingerprint density at radius 2 is 2.21 bits per heavy atom. The van der Waals surface area contributed by atoms with Gasteiger partial charge in [0.1, 0.15) is 23.5 Å². The first-order valence-corrected chi connectivity index (χ1v) is 11.5. The smallest absolute Gasteiger partial charge is 0.419 e. The summed E-state index contributed by atoms with van der Waals surface area (Å²) in [7, 11) is 1.67. The fourth-order valence-electron chi connectivity index (χ4n) is 3.89. The largest absolute Gasteiger partial charge is 0.460 e. The SMILES string of the molecule is Cn1c(=O)oc2ccc(-c3cc4oc(C[C@@H](C#N)NC(=O)[C@@H]5CNCCCO5)cc4s3)cc21. The molecule has 3 aromatic heterocycles. The molecule has 1 aliphatic heterocycles. The van der Waals surface area contributed by atoms with Crippen LogP contribution in [0.2, 0.25) is 0 Å². The lowest BCUT2D eigenvalue weighted by Crippen LogP contribution is -2.46. The van der Waals surface area contributed by atoms with Crippen LogP contribution in [-0.4, -0.2) is 42.3 Å². The zero-order valence-electron chi connectivity index (χ0n) is 17.9. The van der Waals surface area contributed by atoms with Crippen molar-refractivity contribution < 1.29 is 18.4 Å². The number of nitrogens with one attached hydrogen (secondary N) is 2. The molecule has 2 atom stereocenters. The van der Waals surface area contributed by atoms with Crippen LogP contribution in [0.5, 0.6) is 0 Å². The molecule has 170 valence electrons. The second-order valence-corrected chi connectivity index (χ2v) is 9.06. The number of furan rings is 1. The average Bonchev–Trinajstić information content (AvgIpc) is 3.35. The Balaban J connectivity index is 1.30. The van der Waals surface area contributed by atoms with Gasteiger partial charge in [0, 0.05) is 37.6 Å². The number of aromatic nitrogens is 1. The zero-order valence-corrected chi connectivity index (χ0v) is 18.7. The molecule has 0 radical (unpaired) electrons. The van der Waals surface area contributed by atoms with E-state index in [0.717, 1.165) is 33.6 Å². The molecule has 4 heterocycles. The Morgan fingerprint density at radius 1 is 1.33 bits per heavy atom.